The highest BCUT2D eigenvalue weighted by atomic mass is 16.6. The first-order chi connectivity index (χ1) is 13.8. The topological polar surface area (TPSA) is 105 Å². The monoisotopic (exact) mass is 398 g/mol. The van der Waals surface area contributed by atoms with Crippen molar-refractivity contribution in [1.82, 2.24) is 0 Å². The van der Waals surface area contributed by atoms with Gasteiger partial charge in [0, 0.05) is 17.8 Å². The third-order valence-electron chi connectivity index (χ3n) is 3.53. The summed E-state index contributed by atoms with van der Waals surface area (Å²) >= 11 is 0. The molecule has 0 spiro atoms. The molecule has 0 aliphatic carbocycles. The van der Waals surface area contributed by atoms with Gasteiger partial charge in [-0.25, -0.2) is 0 Å². The molecule has 0 atom stereocenters. The SMILES string of the molecule is CC(=N)c1ccccc1OCCOCCOCCOCCOCCOCCN. The fourth-order valence-corrected chi connectivity index (χ4v) is 2.18. The maximum Gasteiger partial charge on any atom is 0.128 e. The van der Waals surface area contributed by atoms with E-state index in [1.165, 1.54) is 0 Å². The lowest BCUT2D eigenvalue weighted by Gasteiger charge is -2.11. The van der Waals surface area contributed by atoms with Crippen LogP contribution in [0, 0.1) is 5.41 Å². The van der Waals surface area contributed by atoms with Crippen LogP contribution in [0.1, 0.15) is 12.5 Å². The smallest absolute Gasteiger partial charge is 0.128 e. The molecule has 1 aromatic rings. The Hall–Kier alpha value is -1.55. The van der Waals surface area contributed by atoms with Crippen molar-refractivity contribution in [3.63, 3.8) is 0 Å². The Morgan fingerprint density at radius 1 is 0.714 bits per heavy atom. The highest BCUT2D eigenvalue weighted by Gasteiger charge is 2.04. The second kappa shape index (κ2) is 17.5. The second-order valence-corrected chi connectivity index (χ2v) is 5.82. The maximum atomic E-state index is 7.73. The predicted octanol–water partition coefficient (Wildman–Crippen LogP) is 1.49. The van der Waals surface area contributed by atoms with Crippen LogP contribution in [0.5, 0.6) is 5.75 Å². The average Bonchev–Trinajstić information content (AvgIpc) is 2.70. The van der Waals surface area contributed by atoms with Crippen LogP contribution in [-0.4, -0.2) is 84.9 Å². The Bertz CT molecular complexity index is 515. The minimum atomic E-state index is 0.435. The van der Waals surface area contributed by atoms with Gasteiger partial charge in [0.05, 0.1) is 66.1 Å². The van der Waals surface area contributed by atoms with Gasteiger partial charge in [0.15, 0.2) is 0 Å². The number of ether oxygens (including phenoxy) is 6. The van der Waals surface area contributed by atoms with Crippen LogP contribution in [0.15, 0.2) is 24.3 Å². The van der Waals surface area contributed by atoms with E-state index in [2.05, 4.69) is 0 Å². The predicted molar refractivity (Wildman–Crippen MR) is 108 cm³/mol. The number of nitrogens with one attached hydrogen (secondary N) is 1. The average molecular weight is 399 g/mol. The van der Waals surface area contributed by atoms with Crippen LogP contribution in [0.3, 0.4) is 0 Å². The van der Waals surface area contributed by atoms with Gasteiger partial charge in [-0.1, -0.05) is 12.1 Å². The van der Waals surface area contributed by atoms with Crippen molar-refractivity contribution < 1.29 is 28.4 Å². The van der Waals surface area contributed by atoms with Crippen molar-refractivity contribution in [2.45, 2.75) is 6.92 Å². The van der Waals surface area contributed by atoms with Crippen molar-refractivity contribution >= 4 is 5.71 Å². The lowest BCUT2D eigenvalue weighted by atomic mass is 10.1. The number of rotatable bonds is 19. The highest BCUT2D eigenvalue weighted by Crippen LogP contribution is 2.17. The van der Waals surface area contributed by atoms with E-state index >= 15 is 0 Å². The lowest BCUT2D eigenvalue weighted by molar-refractivity contribution is -0.0122. The summed E-state index contributed by atoms with van der Waals surface area (Å²) in [5.74, 6) is 0.707. The van der Waals surface area contributed by atoms with Crippen LogP contribution >= 0.6 is 0 Å². The van der Waals surface area contributed by atoms with Gasteiger partial charge in [-0.3, -0.25) is 0 Å². The Kier molecular flexibility index (Phi) is 15.3. The van der Waals surface area contributed by atoms with Crippen molar-refractivity contribution in [2.75, 3.05) is 79.2 Å². The van der Waals surface area contributed by atoms with E-state index in [1.54, 1.807) is 6.92 Å². The highest BCUT2D eigenvalue weighted by molar-refractivity contribution is 5.98. The second-order valence-electron chi connectivity index (χ2n) is 5.82. The summed E-state index contributed by atoms with van der Waals surface area (Å²) in [5, 5.41) is 7.73. The van der Waals surface area contributed by atoms with Gasteiger partial charge in [-0.05, 0) is 19.1 Å². The van der Waals surface area contributed by atoms with Crippen molar-refractivity contribution in [3.05, 3.63) is 29.8 Å². The van der Waals surface area contributed by atoms with E-state index in [0.717, 1.165) is 5.56 Å². The summed E-state index contributed by atoms with van der Waals surface area (Å²) in [4.78, 5) is 0. The van der Waals surface area contributed by atoms with Crippen molar-refractivity contribution in [2.24, 2.45) is 5.73 Å². The summed E-state index contributed by atoms with van der Waals surface area (Å²) in [6, 6.07) is 7.52. The summed E-state index contributed by atoms with van der Waals surface area (Å²) in [6.07, 6.45) is 0. The summed E-state index contributed by atoms with van der Waals surface area (Å²) in [6.45, 7) is 7.97. The molecule has 0 amide bonds. The van der Waals surface area contributed by atoms with E-state index in [0.29, 0.717) is 90.7 Å². The van der Waals surface area contributed by atoms with Crippen molar-refractivity contribution in [1.29, 1.82) is 5.41 Å². The first-order valence-corrected chi connectivity index (χ1v) is 9.62. The molecule has 0 saturated carbocycles. The molecule has 0 aliphatic rings. The molecule has 160 valence electrons. The molecule has 0 fully saturated rings. The van der Waals surface area contributed by atoms with Gasteiger partial charge in [-0.15, -0.1) is 0 Å². The number of hydrogen-bond donors (Lipinski definition) is 2. The zero-order valence-corrected chi connectivity index (χ0v) is 16.8. The molecule has 3 N–H and O–H groups in total. The van der Waals surface area contributed by atoms with E-state index in [1.807, 2.05) is 24.3 Å². The molecule has 0 unspecified atom stereocenters. The quantitative estimate of drug-likeness (QED) is 0.269. The van der Waals surface area contributed by atoms with Gasteiger partial charge in [-0.2, -0.15) is 0 Å². The summed E-state index contributed by atoms with van der Waals surface area (Å²) < 4.78 is 32.5. The Balaban J connectivity index is 1.83. The fourth-order valence-electron chi connectivity index (χ4n) is 2.18. The van der Waals surface area contributed by atoms with Crippen molar-refractivity contribution in [3.8, 4) is 5.75 Å². The van der Waals surface area contributed by atoms with Crippen LogP contribution in [0.25, 0.3) is 0 Å². The molecular weight excluding hydrogens is 364 g/mol. The molecular formula is C20H34N2O6. The van der Waals surface area contributed by atoms with E-state index in [-0.39, 0.29) is 0 Å². The van der Waals surface area contributed by atoms with Gasteiger partial charge < -0.3 is 39.6 Å². The van der Waals surface area contributed by atoms with Crippen LogP contribution in [-0.2, 0) is 23.7 Å². The van der Waals surface area contributed by atoms with Gasteiger partial charge in [0.2, 0.25) is 0 Å². The molecule has 28 heavy (non-hydrogen) atoms. The van der Waals surface area contributed by atoms with Gasteiger partial charge in [0.1, 0.15) is 12.4 Å². The Morgan fingerprint density at radius 2 is 1.14 bits per heavy atom. The maximum absolute atomic E-state index is 7.73. The molecule has 0 saturated heterocycles. The van der Waals surface area contributed by atoms with E-state index in [9.17, 15) is 0 Å². The first-order valence-electron chi connectivity index (χ1n) is 9.62. The van der Waals surface area contributed by atoms with Crippen LogP contribution < -0.4 is 10.5 Å². The zero-order chi connectivity index (χ0) is 20.3. The molecule has 8 nitrogen and oxygen atoms in total. The molecule has 1 rings (SSSR count). The van der Waals surface area contributed by atoms with Gasteiger partial charge >= 0.3 is 0 Å². The molecule has 8 heteroatoms. The lowest BCUT2D eigenvalue weighted by Crippen LogP contribution is -2.15. The largest absolute Gasteiger partial charge is 0.490 e. The number of nitrogens with two attached hydrogens (primary N) is 1. The van der Waals surface area contributed by atoms with Crippen LogP contribution in [0.2, 0.25) is 0 Å². The normalized spacial score (nSPS) is 10.9. The number of benzene rings is 1. The number of hydrogen-bond acceptors (Lipinski definition) is 8. The summed E-state index contributed by atoms with van der Waals surface area (Å²) in [7, 11) is 0. The summed E-state index contributed by atoms with van der Waals surface area (Å²) in [5.41, 5.74) is 6.59. The fraction of sp³-hybridized carbons (Fsp3) is 0.650. The molecule has 1 aromatic carbocycles. The van der Waals surface area contributed by atoms with E-state index < -0.39 is 0 Å². The Labute approximate surface area is 167 Å². The van der Waals surface area contributed by atoms with Crippen LogP contribution in [0.4, 0.5) is 0 Å². The molecule has 0 radical (unpaired) electrons. The third kappa shape index (κ3) is 12.8. The molecule has 0 heterocycles. The zero-order valence-electron chi connectivity index (χ0n) is 16.8. The Morgan fingerprint density at radius 3 is 1.61 bits per heavy atom. The molecule has 0 aromatic heterocycles. The standard InChI is InChI=1S/C20H34N2O6/c1-18(22)19-4-2-3-5-20(19)28-17-16-27-15-14-26-13-12-25-11-10-24-9-8-23-7-6-21/h2-5,22H,6-17,21H2,1H3. The molecule has 0 bridgehead atoms. The minimum Gasteiger partial charge on any atom is -0.490 e. The van der Waals surface area contributed by atoms with E-state index in [4.69, 9.17) is 39.6 Å². The third-order valence-corrected chi connectivity index (χ3v) is 3.53. The molecule has 0 aliphatic heterocycles. The number of para-hydroxylation sites is 1. The first kappa shape index (κ1) is 24.5. The van der Waals surface area contributed by atoms with Gasteiger partial charge in [0.25, 0.3) is 0 Å². The minimum absolute atomic E-state index is 0.435.